The Bertz CT molecular complexity index is 586. The van der Waals surface area contributed by atoms with Crippen LogP contribution in [-0.2, 0) is 9.47 Å². The molecule has 2 amide bonds. The van der Waals surface area contributed by atoms with Crippen LogP contribution in [0.2, 0.25) is 0 Å². The second-order valence-electron chi connectivity index (χ2n) is 11.2. The van der Waals surface area contributed by atoms with Crippen LogP contribution in [0.3, 0.4) is 0 Å². The van der Waals surface area contributed by atoms with Gasteiger partial charge in [0.25, 0.3) is 0 Å². The third-order valence-corrected chi connectivity index (χ3v) is 5.56. The third-order valence-electron chi connectivity index (χ3n) is 5.56. The van der Waals surface area contributed by atoms with Crippen LogP contribution >= 0.6 is 0 Å². The molecule has 33 heavy (non-hydrogen) atoms. The molecule has 8 heteroatoms. The number of rotatable bonds is 11. The Balaban J connectivity index is 2.41. The maximum absolute atomic E-state index is 12.7. The molecule has 0 spiro atoms. The molecule has 1 atom stereocenters. The van der Waals surface area contributed by atoms with Gasteiger partial charge in [0.05, 0.1) is 6.61 Å². The first-order valence-electron chi connectivity index (χ1n) is 12.6. The number of hydrogen-bond acceptors (Lipinski definition) is 6. The van der Waals surface area contributed by atoms with Crippen molar-refractivity contribution >= 4 is 12.2 Å². The maximum atomic E-state index is 12.7. The smallest absolute Gasteiger partial charge is 0.410 e. The van der Waals surface area contributed by atoms with Gasteiger partial charge >= 0.3 is 12.2 Å². The number of unbranched alkanes of at least 4 members (excludes halogenated alkanes) is 3. The number of aliphatic hydroxyl groups is 1. The van der Waals surface area contributed by atoms with Crippen LogP contribution in [0.1, 0.15) is 86.5 Å². The summed E-state index contributed by atoms with van der Waals surface area (Å²) in [5.41, 5.74) is -0.972. The molecular formula is C25H49N3O5. The molecule has 1 heterocycles. The molecule has 1 unspecified atom stereocenters. The minimum Gasteiger partial charge on any atom is -0.444 e. The van der Waals surface area contributed by atoms with Crippen LogP contribution in [0.4, 0.5) is 9.59 Å². The van der Waals surface area contributed by atoms with Crippen LogP contribution in [0.5, 0.6) is 0 Å². The van der Waals surface area contributed by atoms with Gasteiger partial charge in [-0.15, -0.1) is 0 Å². The fourth-order valence-electron chi connectivity index (χ4n) is 3.95. The number of carbonyl (C=O) groups is 2. The van der Waals surface area contributed by atoms with Gasteiger partial charge in [0, 0.05) is 39.3 Å². The summed E-state index contributed by atoms with van der Waals surface area (Å²) in [4.78, 5) is 30.5. The Morgan fingerprint density at radius 3 is 2.09 bits per heavy atom. The number of piperidine rings is 1. The average molecular weight is 472 g/mol. The molecule has 1 aliphatic heterocycles. The van der Waals surface area contributed by atoms with E-state index in [-0.39, 0.29) is 24.8 Å². The fourth-order valence-corrected chi connectivity index (χ4v) is 3.95. The predicted octanol–water partition coefficient (Wildman–Crippen LogP) is 4.50. The standard InChI is InChI=1S/C25H49N3O5/c1-24(2,3)32-22(30)26(7)15-11-8-9-12-16-27(18-19-29)20-21-14-10-13-17-28(21)23(31)33-25(4,5)6/h21,29H,8-20H2,1-7H3. The molecule has 1 rings (SSSR count). The second kappa shape index (κ2) is 14.0. The SMILES string of the molecule is CN(CCCCCCN(CCO)CC1CCCCN1C(=O)OC(C)(C)C)C(=O)OC(C)(C)C. The van der Waals surface area contributed by atoms with Crippen molar-refractivity contribution in [3.63, 3.8) is 0 Å². The summed E-state index contributed by atoms with van der Waals surface area (Å²) in [6.07, 6.45) is 6.63. The molecule has 0 bridgehead atoms. The molecule has 0 aromatic rings. The molecule has 1 aliphatic rings. The summed E-state index contributed by atoms with van der Waals surface area (Å²) in [6, 6.07) is 0.127. The monoisotopic (exact) mass is 471 g/mol. The summed E-state index contributed by atoms with van der Waals surface area (Å²) >= 11 is 0. The molecule has 0 aromatic carbocycles. The molecule has 1 fully saturated rings. The molecule has 1 saturated heterocycles. The largest absolute Gasteiger partial charge is 0.444 e. The van der Waals surface area contributed by atoms with Crippen LogP contribution in [0.15, 0.2) is 0 Å². The lowest BCUT2D eigenvalue weighted by atomic mass is 10.0. The molecule has 1 N–H and O–H groups in total. The van der Waals surface area contributed by atoms with Gasteiger partial charge < -0.3 is 24.4 Å². The highest BCUT2D eigenvalue weighted by Crippen LogP contribution is 2.21. The summed E-state index contributed by atoms with van der Waals surface area (Å²) in [5.74, 6) is 0. The zero-order chi connectivity index (χ0) is 25.1. The van der Waals surface area contributed by atoms with Crippen molar-refractivity contribution in [2.75, 3.05) is 46.4 Å². The van der Waals surface area contributed by atoms with Crippen molar-refractivity contribution in [3.8, 4) is 0 Å². The van der Waals surface area contributed by atoms with E-state index in [1.165, 1.54) is 0 Å². The van der Waals surface area contributed by atoms with Gasteiger partial charge in [-0.25, -0.2) is 9.59 Å². The fraction of sp³-hybridized carbons (Fsp3) is 0.920. The molecule has 0 aromatic heterocycles. The molecule has 8 nitrogen and oxygen atoms in total. The first kappa shape index (κ1) is 29.5. The summed E-state index contributed by atoms with van der Waals surface area (Å²) in [7, 11) is 1.78. The van der Waals surface area contributed by atoms with Crippen LogP contribution in [0.25, 0.3) is 0 Å². The number of ether oxygens (including phenoxy) is 2. The highest BCUT2D eigenvalue weighted by atomic mass is 16.6. The molecule has 194 valence electrons. The Hall–Kier alpha value is -1.54. The van der Waals surface area contributed by atoms with Crippen molar-refractivity contribution in [3.05, 3.63) is 0 Å². The van der Waals surface area contributed by atoms with Gasteiger partial charge in [0.15, 0.2) is 0 Å². The molecule has 0 aliphatic carbocycles. The quantitative estimate of drug-likeness (QED) is 0.447. The first-order valence-corrected chi connectivity index (χ1v) is 12.6. The Morgan fingerprint density at radius 2 is 1.52 bits per heavy atom. The van der Waals surface area contributed by atoms with E-state index in [1.807, 2.05) is 46.4 Å². The lowest BCUT2D eigenvalue weighted by Crippen LogP contribution is -2.51. The maximum Gasteiger partial charge on any atom is 0.410 e. The number of amides is 2. The van der Waals surface area contributed by atoms with Gasteiger partial charge in [-0.05, 0) is 80.2 Å². The van der Waals surface area contributed by atoms with E-state index in [4.69, 9.17) is 9.47 Å². The second-order valence-corrected chi connectivity index (χ2v) is 11.2. The number of hydrogen-bond donors (Lipinski definition) is 1. The normalized spacial score (nSPS) is 17.2. The van der Waals surface area contributed by atoms with E-state index in [0.717, 1.165) is 64.6 Å². The van der Waals surface area contributed by atoms with Gasteiger partial charge in [0.2, 0.25) is 0 Å². The molecular weight excluding hydrogens is 422 g/mol. The first-order chi connectivity index (χ1) is 15.3. The minimum absolute atomic E-state index is 0.111. The third kappa shape index (κ3) is 13.1. The Labute approximate surface area is 201 Å². The lowest BCUT2D eigenvalue weighted by Gasteiger charge is -2.39. The van der Waals surface area contributed by atoms with Gasteiger partial charge in [-0.1, -0.05) is 12.8 Å². The van der Waals surface area contributed by atoms with Crippen molar-refractivity contribution in [1.29, 1.82) is 0 Å². The highest BCUT2D eigenvalue weighted by molar-refractivity contribution is 5.68. The van der Waals surface area contributed by atoms with Crippen LogP contribution in [-0.4, -0.2) is 95.6 Å². The minimum atomic E-state index is -0.499. The predicted molar refractivity (Wildman–Crippen MR) is 131 cm³/mol. The van der Waals surface area contributed by atoms with Gasteiger partial charge in [-0.3, -0.25) is 4.90 Å². The van der Waals surface area contributed by atoms with Crippen molar-refractivity contribution < 1.29 is 24.2 Å². The van der Waals surface area contributed by atoms with E-state index >= 15 is 0 Å². The average Bonchev–Trinajstić information content (AvgIpc) is 2.68. The number of aliphatic hydroxyl groups excluding tert-OH is 1. The van der Waals surface area contributed by atoms with E-state index in [9.17, 15) is 14.7 Å². The van der Waals surface area contributed by atoms with E-state index < -0.39 is 11.2 Å². The lowest BCUT2D eigenvalue weighted by molar-refractivity contribution is 0.00436. The number of nitrogens with zero attached hydrogens (tertiary/aromatic N) is 3. The van der Waals surface area contributed by atoms with Crippen LogP contribution in [0, 0.1) is 0 Å². The summed E-state index contributed by atoms with van der Waals surface area (Å²) in [6.45, 7) is 15.1. The summed E-state index contributed by atoms with van der Waals surface area (Å²) < 4.78 is 11.0. The van der Waals surface area contributed by atoms with E-state index in [0.29, 0.717) is 13.1 Å². The summed E-state index contributed by atoms with van der Waals surface area (Å²) in [5, 5.41) is 9.53. The number of carbonyl (C=O) groups excluding carboxylic acids is 2. The van der Waals surface area contributed by atoms with Crippen molar-refractivity contribution in [1.82, 2.24) is 14.7 Å². The van der Waals surface area contributed by atoms with Gasteiger partial charge in [0.1, 0.15) is 11.2 Å². The molecule has 0 saturated carbocycles. The van der Waals surface area contributed by atoms with E-state index in [2.05, 4.69) is 4.90 Å². The van der Waals surface area contributed by atoms with Crippen molar-refractivity contribution in [2.24, 2.45) is 0 Å². The zero-order valence-electron chi connectivity index (χ0n) is 22.2. The topological polar surface area (TPSA) is 82.5 Å². The Kier molecular flexibility index (Phi) is 12.5. The van der Waals surface area contributed by atoms with Crippen molar-refractivity contribution in [2.45, 2.75) is 104 Å². The number of likely N-dealkylation sites (tertiary alicyclic amines) is 1. The molecule has 0 radical (unpaired) electrons. The zero-order valence-corrected chi connectivity index (χ0v) is 22.2. The van der Waals surface area contributed by atoms with Crippen LogP contribution < -0.4 is 0 Å². The van der Waals surface area contributed by atoms with E-state index in [1.54, 1.807) is 11.9 Å². The Morgan fingerprint density at radius 1 is 0.909 bits per heavy atom. The highest BCUT2D eigenvalue weighted by Gasteiger charge is 2.31. The van der Waals surface area contributed by atoms with Gasteiger partial charge in [-0.2, -0.15) is 0 Å².